The van der Waals surface area contributed by atoms with Crippen LogP contribution in [0.4, 0.5) is 16.2 Å². The molecule has 1 aliphatic heterocycles. The van der Waals surface area contributed by atoms with E-state index in [4.69, 9.17) is 9.84 Å². The average molecular weight is 346 g/mol. The Hall–Kier alpha value is -2.25. The SMILES string of the molecule is OCCNc1nc(NCCc2ccccc2F)cc(C2CCOC2)n1. The van der Waals surface area contributed by atoms with Crippen molar-refractivity contribution in [1.82, 2.24) is 9.97 Å². The number of benzene rings is 1. The third kappa shape index (κ3) is 4.87. The van der Waals surface area contributed by atoms with Gasteiger partial charge in [0.1, 0.15) is 11.6 Å². The fraction of sp³-hybridized carbons (Fsp3) is 0.444. The maximum absolute atomic E-state index is 13.7. The van der Waals surface area contributed by atoms with Gasteiger partial charge in [0.15, 0.2) is 0 Å². The van der Waals surface area contributed by atoms with Gasteiger partial charge >= 0.3 is 0 Å². The number of rotatable bonds is 8. The third-order valence-electron chi connectivity index (χ3n) is 4.15. The largest absolute Gasteiger partial charge is 0.395 e. The third-order valence-corrected chi connectivity index (χ3v) is 4.15. The molecule has 0 aliphatic carbocycles. The van der Waals surface area contributed by atoms with Crippen molar-refractivity contribution in [3.63, 3.8) is 0 Å². The molecular formula is C18H23FN4O2. The Labute approximate surface area is 146 Å². The molecule has 0 radical (unpaired) electrons. The number of hydrogen-bond acceptors (Lipinski definition) is 6. The second kappa shape index (κ2) is 8.73. The summed E-state index contributed by atoms with van der Waals surface area (Å²) in [5.74, 6) is 1.23. The van der Waals surface area contributed by atoms with Crippen LogP contribution in [-0.2, 0) is 11.2 Å². The molecule has 3 N–H and O–H groups in total. The number of nitrogens with zero attached hydrogens (tertiary/aromatic N) is 2. The first kappa shape index (κ1) is 17.6. The Morgan fingerprint density at radius 2 is 2.08 bits per heavy atom. The number of halogens is 1. The zero-order valence-electron chi connectivity index (χ0n) is 14.0. The molecule has 1 aromatic heterocycles. The van der Waals surface area contributed by atoms with E-state index in [2.05, 4.69) is 20.6 Å². The number of aliphatic hydroxyl groups excluding tert-OH is 1. The predicted molar refractivity (Wildman–Crippen MR) is 94.4 cm³/mol. The van der Waals surface area contributed by atoms with Crippen LogP contribution >= 0.6 is 0 Å². The first-order valence-electron chi connectivity index (χ1n) is 8.55. The molecule has 0 saturated carbocycles. The highest BCUT2D eigenvalue weighted by Gasteiger charge is 2.20. The number of anilines is 2. The molecular weight excluding hydrogens is 323 g/mol. The van der Waals surface area contributed by atoms with E-state index in [1.165, 1.54) is 6.07 Å². The van der Waals surface area contributed by atoms with E-state index in [0.717, 1.165) is 18.7 Å². The quantitative estimate of drug-likeness (QED) is 0.680. The fourth-order valence-corrected chi connectivity index (χ4v) is 2.81. The van der Waals surface area contributed by atoms with Gasteiger partial charge in [-0.1, -0.05) is 18.2 Å². The van der Waals surface area contributed by atoms with Gasteiger partial charge in [0.25, 0.3) is 0 Å². The topological polar surface area (TPSA) is 79.3 Å². The summed E-state index contributed by atoms with van der Waals surface area (Å²) in [5.41, 5.74) is 1.59. The average Bonchev–Trinajstić information content (AvgIpc) is 3.16. The van der Waals surface area contributed by atoms with Crippen LogP contribution in [-0.4, -0.2) is 48.0 Å². The van der Waals surface area contributed by atoms with Crippen LogP contribution < -0.4 is 10.6 Å². The lowest BCUT2D eigenvalue weighted by Crippen LogP contribution is -2.14. The van der Waals surface area contributed by atoms with Gasteiger partial charge in [-0.2, -0.15) is 4.98 Å². The van der Waals surface area contributed by atoms with Crippen molar-refractivity contribution in [3.05, 3.63) is 47.4 Å². The molecule has 134 valence electrons. The molecule has 7 heteroatoms. The summed E-state index contributed by atoms with van der Waals surface area (Å²) in [5, 5.41) is 15.2. The molecule has 1 atom stereocenters. The van der Waals surface area contributed by atoms with E-state index < -0.39 is 0 Å². The number of hydrogen-bond donors (Lipinski definition) is 3. The predicted octanol–water partition coefficient (Wildman–Crippen LogP) is 2.18. The fourth-order valence-electron chi connectivity index (χ4n) is 2.81. The van der Waals surface area contributed by atoms with Crippen molar-refractivity contribution in [3.8, 4) is 0 Å². The minimum Gasteiger partial charge on any atom is -0.395 e. The zero-order valence-corrected chi connectivity index (χ0v) is 14.0. The van der Waals surface area contributed by atoms with Gasteiger partial charge in [-0.05, 0) is 24.5 Å². The van der Waals surface area contributed by atoms with Crippen molar-refractivity contribution < 1.29 is 14.2 Å². The Kier molecular flexibility index (Phi) is 6.14. The number of nitrogens with one attached hydrogen (secondary N) is 2. The first-order chi connectivity index (χ1) is 12.3. The smallest absolute Gasteiger partial charge is 0.224 e. The Morgan fingerprint density at radius 3 is 2.84 bits per heavy atom. The zero-order chi connectivity index (χ0) is 17.5. The number of ether oxygens (including phenoxy) is 1. The lowest BCUT2D eigenvalue weighted by atomic mass is 10.0. The number of aromatic nitrogens is 2. The lowest BCUT2D eigenvalue weighted by molar-refractivity contribution is 0.193. The van der Waals surface area contributed by atoms with E-state index in [1.54, 1.807) is 12.1 Å². The molecule has 0 bridgehead atoms. The second-order valence-electron chi connectivity index (χ2n) is 5.98. The van der Waals surface area contributed by atoms with Crippen molar-refractivity contribution in [2.24, 2.45) is 0 Å². The summed E-state index contributed by atoms with van der Waals surface area (Å²) in [6, 6.07) is 8.69. The minimum absolute atomic E-state index is 0.0101. The van der Waals surface area contributed by atoms with Gasteiger partial charge in [-0.15, -0.1) is 0 Å². The van der Waals surface area contributed by atoms with Crippen LogP contribution in [0.5, 0.6) is 0 Å². The van der Waals surface area contributed by atoms with E-state index in [9.17, 15) is 4.39 Å². The molecule has 1 fully saturated rings. The maximum Gasteiger partial charge on any atom is 0.224 e. The van der Waals surface area contributed by atoms with E-state index in [0.29, 0.717) is 43.4 Å². The van der Waals surface area contributed by atoms with Crippen LogP contribution in [0.25, 0.3) is 0 Å². The highest BCUT2D eigenvalue weighted by molar-refractivity contribution is 5.43. The van der Waals surface area contributed by atoms with E-state index in [1.807, 2.05) is 12.1 Å². The number of aliphatic hydroxyl groups is 1. The van der Waals surface area contributed by atoms with Crippen LogP contribution in [0.15, 0.2) is 30.3 Å². The molecule has 6 nitrogen and oxygen atoms in total. The summed E-state index contributed by atoms with van der Waals surface area (Å²) in [4.78, 5) is 8.94. The summed E-state index contributed by atoms with van der Waals surface area (Å²) in [6.45, 7) is 2.36. The Balaban J connectivity index is 1.68. The molecule has 2 aromatic rings. The van der Waals surface area contributed by atoms with Crippen molar-refractivity contribution in [2.45, 2.75) is 18.8 Å². The summed E-state index contributed by atoms with van der Waals surface area (Å²) in [7, 11) is 0. The molecule has 3 rings (SSSR count). The van der Waals surface area contributed by atoms with Crippen molar-refractivity contribution >= 4 is 11.8 Å². The molecule has 1 unspecified atom stereocenters. The standard InChI is InChI=1S/C18H23FN4O2/c19-15-4-2-1-3-13(15)5-7-20-17-11-16(14-6-10-25-12-14)22-18(23-17)21-8-9-24/h1-4,11,14,24H,5-10,12H2,(H2,20,21,22,23). The van der Waals surface area contributed by atoms with Gasteiger partial charge in [-0.25, -0.2) is 9.37 Å². The van der Waals surface area contributed by atoms with Crippen LogP contribution in [0.1, 0.15) is 23.6 Å². The lowest BCUT2D eigenvalue weighted by Gasteiger charge is -2.13. The van der Waals surface area contributed by atoms with Crippen molar-refractivity contribution in [2.75, 3.05) is 43.5 Å². The second-order valence-corrected chi connectivity index (χ2v) is 5.98. The summed E-state index contributed by atoms with van der Waals surface area (Å²) >= 11 is 0. The van der Waals surface area contributed by atoms with Crippen molar-refractivity contribution in [1.29, 1.82) is 0 Å². The van der Waals surface area contributed by atoms with Crippen LogP contribution in [0.2, 0.25) is 0 Å². The Bertz CT molecular complexity index is 693. The van der Waals surface area contributed by atoms with Gasteiger partial charge in [0.05, 0.1) is 18.9 Å². The van der Waals surface area contributed by atoms with Crippen LogP contribution in [0, 0.1) is 5.82 Å². The van der Waals surface area contributed by atoms with E-state index in [-0.39, 0.29) is 18.3 Å². The molecule has 2 heterocycles. The normalized spacial score (nSPS) is 16.8. The molecule has 25 heavy (non-hydrogen) atoms. The monoisotopic (exact) mass is 346 g/mol. The minimum atomic E-state index is -0.193. The summed E-state index contributed by atoms with van der Waals surface area (Å²) < 4.78 is 19.1. The van der Waals surface area contributed by atoms with Gasteiger partial charge < -0.3 is 20.5 Å². The first-order valence-corrected chi connectivity index (χ1v) is 8.55. The maximum atomic E-state index is 13.7. The molecule has 1 saturated heterocycles. The highest BCUT2D eigenvalue weighted by Crippen LogP contribution is 2.26. The van der Waals surface area contributed by atoms with E-state index >= 15 is 0 Å². The Morgan fingerprint density at radius 1 is 1.20 bits per heavy atom. The van der Waals surface area contributed by atoms with Gasteiger partial charge in [-0.3, -0.25) is 0 Å². The molecule has 1 aromatic carbocycles. The highest BCUT2D eigenvalue weighted by atomic mass is 19.1. The molecule has 0 amide bonds. The van der Waals surface area contributed by atoms with Crippen LogP contribution in [0.3, 0.4) is 0 Å². The molecule has 1 aliphatic rings. The van der Waals surface area contributed by atoms with Gasteiger partial charge in [0.2, 0.25) is 5.95 Å². The van der Waals surface area contributed by atoms with Gasteiger partial charge in [0, 0.05) is 31.7 Å². The summed E-state index contributed by atoms with van der Waals surface area (Å²) in [6.07, 6.45) is 1.50. The molecule has 0 spiro atoms.